The summed E-state index contributed by atoms with van der Waals surface area (Å²) in [5, 5.41) is 15.4. The molecule has 6 nitrogen and oxygen atoms in total. The number of rotatable bonds is 5. The van der Waals surface area contributed by atoms with Crippen molar-refractivity contribution in [1.82, 2.24) is 15.3 Å². The largest absolute Gasteiger partial charge is 0.366 e. The molecule has 1 fully saturated rings. The summed E-state index contributed by atoms with van der Waals surface area (Å²) in [6, 6.07) is 3.61. The molecule has 1 atom stereocenters. The quantitative estimate of drug-likeness (QED) is 0.623. The fourth-order valence-corrected chi connectivity index (χ4v) is 3.07. The van der Waals surface area contributed by atoms with Crippen LogP contribution in [0.25, 0.3) is 11.0 Å². The molecule has 2 aromatic rings. The average molecular weight is 352 g/mol. The van der Waals surface area contributed by atoms with Crippen molar-refractivity contribution in [2.24, 2.45) is 5.41 Å². The fraction of sp³-hybridized carbons (Fsp3) is 0.529. The van der Waals surface area contributed by atoms with Crippen LogP contribution in [0.2, 0.25) is 0 Å². The van der Waals surface area contributed by atoms with Gasteiger partial charge in [0.15, 0.2) is 0 Å². The molecule has 0 aromatic carbocycles. The van der Waals surface area contributed by atoms with Gasteiger partial charge in [0, 0.05) is 31.8 Å². The third kappa shape index (κ3) is 4.07. The number of aliphatic hydroxyl groups excluding tert-OH is 1. The standard InChI is InChI=1S/C17H22F2N4O2/c1-16(4-6-17(18,19)7-5-16)10-22-14(24)15(25)23-12-9-21-11-3-2-8-20-13(11)12/h2-3,8-9,15,21,23,25H,4-7,10H2,1H3,(H,22,24). The molecule has 1 amide bonds. The first-order chi connectivity index (χ1) is 11.8. The Morgan fingerprint density at radius 3 is 2.84 bits per heavy atom. The van der Waals surface area contributed by atoms with Gasteiger partial charge >= 0.3 is 0 Å². The number of carbonyl (C=O) groups is 1. The highest BCUT2D eigenvalue weighted by atomic mass is 19.3. The van der Waals surface area contributed by atoms with Crippen molar-refractivity contribution >= 4 is 22.6 Å². The lowest BCUT2D eigenvalue weighted by molar-refractivity contribution is -0.129. The molecule has 25 heavy (non-hydrogen) atoms. The molecule has 3 rings (SSSR count). The van der Waals surface area contributed by atoms with Gasteiger partial charge in [-0.3, -0.25) is 9.78 Å². The topological polar surface area (TPSA) is 90.0 Å². The molecule has 1 aliphatic rings. The van der Waals surface area contributed by atoms with Crippen molar-refractivity contribution < 1.29 is 18.7 Å². The summed E-state index contributed by atoms with van der Waals surface area (Å²) in [6.07, 6.45) is 2.15. The van der Waals surface area contributed by atoms with Crippen LogP contribution in [0.15, 0.2) is 24.5 Å². The number of hydrogen-bond acceptors (Lipinski definition) is 4. The average Bonchev–Trinajstić information content (AvgIpc) is 2.99. The number of nitrogens with one attached hydrogen (secondary N) is 3. The van der Waals surface area contributed by atoms with Crippen molar-refractivity contribution in [1.29, 1.82) is 0 Å². The fourth-order valence-electron chi connectivity index (χ4n) is 3.07. The Kier molecular flexibility index (Phi) is 4.64. The highest BCUT2D eigenvalue weighted by molar-refractivity contribution is 5.91. The number of carbonyl (C=O) groups excluding carboxylic acids is 1. The molecular weight excluding hydrogens is 330 g/mol. The normalized spacial score (nSPS) is 20.2. The van der Waals surface area contributed by atoms with E-state index in [1.807, 2.05) is 13.0 Å². The molecular formula is C17H22F2N4O2. The van der Waals surface area contributed by atoms with E-state index in [0.717, 1.165) is 5.52 Å². The number of fused-ring (bicyclic) bond motifs is 1. The van der Waals surface area contributed by atoms with Crippen LogP contribution in [0.5, 0.6) is 0 Å². The number of aromatic nitrogens is 2. The first-order valence-electron chi connectivity index (χ1n) is 8.30. The first kappa shape index (κ1) is 17.6. The van der Waals surface area contributed by atoms with E-state index in [4.69, 9.17) is 0 Å². The van der Waals surface area contributed by atoms with Gasteiger partial charge in [-0.1, -0.05) is 6.92 Å². The summed E-state index contributed by atoms with van der Waals surface area (Å²) in [4.78, 5) is 19.3. The van der Waals surface area contributed by atoms with E-state index in [1.165, 1.54) is 0 Å². The summed E-state index contributed by atoms with van der Waals surface area (Å²) >= 11 is 0. The molecule has 0 spiro atoms. The van der Waals surface area contributed by atoms with E-state index in [-0.39, 0.29) is 24.8 Å². The van der Waals surface area contributed by atoms with Gasteiger partial charge in [-0.25, -0.2) is 8.78 Å². The van der Waals surface area contributed by atoms with Crippen molar-refractivity contribution in [2.45, 2.75) is 44.8 Å². The van der Waals surface area contributed by atoms with Crippen LogP contribution in [-0.2, 0) is 4.79 Å². The van der Waals surface area contributed by atoms with E-state index in [9.17, 15) is 18.7 Å². The van der Waals surface area contributed by atoms with Gasteiger partial charge in [-0.2, -0.15) is 0 Å². The number of anilines is 1. The van der Waals surface area contributed by atoms with Crippen LogP contribution in [0.3, 0.4) is 0 Å². The molecule has 0 radical (unpaired) electrons. The second-order valence-corrected chi connectivity index (χ2v) is 7.03. The van der Waals surface area contributed by atoms with E-state index >= 15 is 0 Å². The molecule has 0 saturated heterocycles. The Bertz CT molecular complexity index is 752. The third-order valence-corrected chi connectivity index (χ3v) is 4.85. The lowest BCUT2D eigenvalue weighted by Crippen LogP contribution is -2.45. The number of amides is 1. The number of aliphatic hydroxyl groups is 1. The summed E-state index contributed by atoms with van der Waals surface area (Å²) in [6.45, 7) is 2.14. The number of halogens is 2. The molecule has 1 saturated carbocycles. The van der Waals surface area contributed by atoms with Crippen molar-refractivity contribution in [3.05, 3.63) is 24.5 Å². The van der Waals surface area contributed by atoms with Crippen LogP contribution in [-0.4, -0.2) is 39.7 Å². The number of alkyl halides is 2. The lowest BCUT2D eigenvalue weighted by Gasteiger charge is -2.37. The molecule has 136 valence electrons. The molecule has 0 aliphatic heterocycles. The first-order valence-corrected chi connectivity index (χ1v) is 8.30. The Morgan fingerprint density at radius 1 is 1.40 bits per heavy atom. The van der Waals surface area contributed by atoms with Crippen LogP contribution in [0.1, 0.15) is 32.6 Å². The van der Waals surface area contributed by atoms with Crippen LogP contribution in [0.4, 0.5) is 14.5 Å². The Balaban J connectivity index is 1.54. The Morgan fingerprint density at radius 2 is 2.12 bits per heavy atom. The molecule has 8 heteroatoms. The lowest BCUT2D eigenvalue weighted by atomic mass is 9.74. The molecule has 0 bridgehead atoms. The van der Waals surface area contributed by atoms with Crippen molar-refractivity contribution in [3.63, 3.8) is 0 Å². The number of nitrogens with zero attached hydrogens (tertiary/aromatic N) is 1. The maximum Gasteiger partial charge on any atom is 0.269 e. The summed E-state index contributed by atoms with van der Waals surface area (Å²) in [5.41, 5.74) is 1.55. The van der Waals surface area contributed by atoms with Gasteiger partial charge in [-0.05, 0) is 30.4 Å². The van der Waals surface area contributed by atoms with Crippen molar-refractivity contribution in [2.75, 3.05) is 11.9 Å². The zero-order chi connectivity index (χ0) is 18.1. The minimum absolute atomic E-state index is 0.165. The Labute approximate surface area is 144 Å². The molecule has 2 heterocycles. The number of pyridine rings is 1. The van der Waals surface area contributed by atoms with Gasteiger partial charge in [0.1, 0.15) is 5.52 Å². The zero-order valence-corrected chi connectivity index (χ0v) is 14.0. The summed E-state index contributed by atoms with van der Waals surface area (Å²) in [7, 11) is 0. The maximum absolute atomic E-state index is 13.3. The van der Waals surface area contributed by atoms with E-state index in [0.29, 0.717) is 24.0 Å². The zero-order valence-electron chi connectivity index (χ0n) is 14.0. The molecule has 1 unspecified atom stereocenters. The van der Waals surface area contributed by atoms with Gasteiger partial charge in [0.25, 0.3) is 5.91 Å². The second kappa shape index (κ2) is 6.59. The minimum Gasteiger partial charge on any atom is -0.366 e. The van der Waals surface area contributed by atoms with Gasteiger partial charge in [0.2, 0.25) is 12.2 Å². The number of aromatic amines is 1. The van der Waals surface area contributed by atoms with E-state index < -0.39 is 18.1 Å². The predicted molar refractivity (Wildman–Crippen MR) is 90.3 cm³/mol. The smallest absolute Gasteiger partial charge is 0.269 e. The predicted octanol–water partition coefficient (Wildman–Crippen LogP) is 2.62. The molecule has 1 aliphatic carbocycles. The maximum atomic E-state index is 13.3. The van der Waals surface area contributed by atoms with E-state index in [1.54, 1.807) is 18.5 Å². The highest BCUT2D eigenvalue weighted by Gasteiger charge is 2.40. The molecule has 2 aromatic heterocycles. The minimum atomic E-state index is -2.60. The summed E-state index contributed by atoms with van der Waals surface area (Å²) in [5.74, 6) is -3.20. The second-order valence-electron chi connectivity index (χ2n) is 7.03. The van der Waals surface area contributed by atoms with Crippen LogP contribution in [0, 0.1) is 5.41 Å². The van der Waals surface area contributed by atoms with E-state index in [2.05, 4.69) is 20.6 Å². The highest BCUT2D eigenvalue weighted by Crippen LogP contribution is 2.42. The number of hydrogen-bond donors (Lipinski definition) is 4. The van der Waals surface area contributed by atoms with Crippen LogP contribution >= 0.6 is 0 Å². The molecule has 4 N–H and O–H groups in total. The van der Waals surface area contributed by atoms with Crippen molar-refractivity contribution in [3.8, 4) is 0 Å². The van der Waals surface area contributed by atoms with Crippen LogP contribution < -0.4 is 10.6 Å². The monoisotopic (exact) mass is 352 g/mol. The number of H-pyrrole nitrogens is 1. The Hall–Kier alpha value is -2.22. The SMILES string of the molecule is CC1(CNC(=O)C(O)Nc2c[nH]c3cccnc23)CCC(F)(F)CC1. The van der Waals surface area contributed by atoms with Gasteiger partial charge in [-0.15, -0.1) is 0 Å². The summed E-state index contributed by atoms with van der Waals surface area (Å²) < 4.78 is 26.5. The van der Waals surface area contributed by atoms with Gasteiger partial charge in [0.05, 0.1) is 11.2 Å². The van der Waals surface area contributed by atoms with Gasteiger partial charge < -0.3 is 20.7 Å². The third-order valence-electron chi connectivity index (χ3n) is 4.85.